The Morgan fingerprint density at radius 1 is 0.843 bits per heavy atom. The Hall–Kier alpha value is -5.26. The summed E-state index contributed by atoms with van der Waals surface area (Å²) in [5.74, 6) is 1.38. The predicted octanol–water partition coefficient (Wildman–Crippen LogP) is 6.71. The lowest BCUT2D eigenvalue weighted by atomic mass is 10.0. The van der Waals surface area contributed by atoms with Crippen molar-refractivity contribution in [1.82, 2.24) is 35.1 Å². The number of carbonyl (C=O) groups excluding carboxylic acids is 3. The van der Waals surface area contributed by atoms with Gasteiger partial charge in [0, 0.05) is 18.8 Å². The number of aliphatic imine (C=N–C) groups is 1. The maximum absolute atomic E-state index is 13.5. The van der Waals surface area contributed by atoms with Crippen LogP contribution in [0.15, 0.2) is 65.9 Å². The number of alkyl carbamates (subject to hydrolysis) is 1. The van der Waals surface area contributed by atoms with E-state index in [0.29, 0.717) is 6.54 Å². The minimum absolute atomic E-state index is 0.0465. The normalized spacial score (nSPS) is 18.4. The summed E-state index contributed by atoms with van der Waals surface area (Å²) < 4.78 is 4.75. The van der Waals surface area contributed by atoms with Gasteiger partial charge in [-0.05, 0) is 67.2 Å². The first-order valence-electron chi connectivity index (χ1n) is 17.9. The van der Waals surface area contributed by atoms with Crippen LogP contribution in [0.4, 0.5) is 4.79 Å². The van der Waals surface area contributed by atoms with Gasteiger partial charge in [0.05, 0.1) is 43.0 Å². The van der Waals surface area contributed by atoms with Crippen LogP contribution >= 0.6 is 0 Å². The quantitative estimate of drug-likeness (QED) is 0.149. The van der Waals surface area contributed by atoms with Gasteiger partial charge in [-0.3, -0.25) is 14.6 Å². The maximum Gasteiger partial charge on any atom is 0.407 e. The number of H-pyrrole nitrogens is 2. The average Bonchev–Trinajstić information content (AvgIpc) is 3.99. The fourth-order valence-electron chi connectivity index (χ4n) is 6.94. The molecule has 268 valence electrons. The van der Waals surface area contributed by atoms with Crippen molar-refractivity contribution in [3.05, 3.63) is 72.6 Å². The van der Waals surface area contributed by atoms with Crippen molar-refractivity contribution in [1.29, 1.82) is 0 Å². The first-order chi connectivity index (χ1) is 24.7. The van der Waals surface area contributed by atoms with Gasteiger partial charge in [-0.25, -0.2) is 14.8 Å². The molecule has 0 saturated carbocycles. The number of aromatic amines is 2. The molecule has 0 aliphatic carbocycles. The molecule has 2 aromatic heterocycles. The number of nitrogens with zero attached hydrogens (tertiary/aromatic N) is 5. The van der Waals surface area contributed by atoms with E-state index in [1.807, 2.05) is 49.9 Å². The van der Waals surface area contributed by atoms with Crippen LogP contribution in [-0.4, -0.2) is 86.1 Å². The largest absolute Gasteiger partial charge is 0.453 e. The number of hydrogen-bond acceptors (Lipinski definition) is 7. The third kappa shape index (κ3) is 7.90. The molecule has 12 heteroatoms. The predicted molar refractivity (Wildman–Crippen MR) is 197 cm³/mol. The number of imidazole rings is 2. The number of methoxy groups -OCH3 is 1. The van der Waals surface area contributed by atoms with E-state index in [2.05, 4.69) is 78.8 Å². The van der Waals surface area contributed by atoms with Gasteiger partial charge in [0.15, 0.2) is 0 Å². The number of amides is 3. The smallest absolute Gasteiger partial charge is 0.407 e. The third-order valence-electron chi connectivity index (χ3n) is 10.0. The summed E-state index contributed by atoms with van der Waals surface area (Å²) in [5, 5.41) is 2.70. The first kappa shape index (κ1) is 35.6. The standard InChI is InChI=1S/C39H48N8O4/c1-6-25(4)40-23-34(48)46-19-7-9-32(46)36-41-21-30(43-36)28-15-11-26(12-16-28)27-13-17-29(18-14-27)31-22-42-37(44-31)33-10-8-20-47(33)38(49)35(24(2)3)45-39(50)51-5/h11-18,21-22,24,32-33,35H,6-10,19-20,23H2,1-5H3,(H,41,43)(H,42,44)(H,45,50)/t32-,33-,35-/m0/s1. The minimum atomic E-state index is -0.675. The Morgan fingerprint density at radius 2 is 1.33 bits per heavy atom. The van der Waals surface area contributed by atoms with E-state index >= 15 is 0 Å². The van der Waals surface area contributed by atoms with Gasteiger partial charge in [-0.15, -0.1) is 0 Å². The number of ether oxygens (including phenoxy) is 1. The summed E-state index contributed by atoms with van der Waals surface area (Å²) in [6, 6.07) is 15.8. The van der Waals surface area contributed by atoms with E-state index in [-0.39, 0.29) is 36.4 Å². The summed E-state index contributed by atoms with van der Waals surface area (Å²) >= 11 is 0. The summed E-state index contributed by atoms with van der Waals surface area (Å²) in [5.41, 5.74) is 6.98. The zero-order valence-corrected chi connectivity index (χ0v) is 30.1. The number of nitrogens with one attached hydrogen (secondary N) is 3. The molecule has 12 nitrogen and oxygen atoms in total. The number of hydrogen-bond donors (Lipinski definition) is 3. The van der Waals surface area contributed by atoms with E-state index in [1.54, 1.807) is 0 Å². The Kier molecular flexibility index (Phi) is 11.0. The molecule has 0 bridgehead atoms. The summed E-state index contributed by atoms with van der Waals surface area (Å²) in [4.78, 5) is 62.7. The fourth-order valence-corrected chi connectivity index (χ4v) is 6.94. The van der Waals surface area contributed by atoms with Crippen molar-refractivity contribution in [3.63, 3.8) is 0 Å². The van der Waals surface area contributed by atoms with Crippen LogP contribution in [0.1, 0.15) is 83.5 Å². The lowest BCUT2D eigenvalue weighted by Crippen LogP contribution is -2.51. The molecule has 51 heavy (non-hydrogen) atoms. The van der Waals surface area contributed by atoms with E-state index < -0.39 is 12.1 Å². The van der Waals surface area contributed by atoms with Crippen molar-refractivity contribution in [2.24, 2.45) is 10.9 Å². The van der Waals surface area contributed by atoms with Crippen LogP contribution in [-0.2, 0) is 14.3 Å². The third-order valence-corrected chi connectivity index (χ3v) is 10.0. The molecule has 4 heterocycles. The lowest BCUT2D eigenvalue weighted by molar-refractivity contribution is -0.135. The van der Waals surface area contributed by atoms with Crippen molar-refractivity contribution < 1.29 is 19.1 Å². The van der Waals surface area contributed by atoms with Crippen LogP contribution in [0.5, 0.6) is 0 Å². The van der Waals surface area contributed by atoms with Crippen LogP contribution in [0, 0.1) is 5.92 Å². The summed E-state index contributed by atoms with van der Waals surface area (Å²) in [6.45, 7) is 9.34. The molecule has 2 aromatic carbocycles. The van der Waals surface area contributed by atoms with Crippen LogP contribution in [0.2, 0.25) is 0 Å². The van der Waals surface area contributed by atoms with E-state index in [1.165, 1.54) is 7.11 Å². The number of aromatic nitrogens is 4. The highest BCUT2D eigenvalue weighted by atomic mass is 16.5. The Morgan fingerprint density at radius 3 is 1.82 bits per heavy atom. The molecule has 2 aliphatic rings. The van der Waals surface area contributed by atoms with E-state index in [0.717, 1.165) is 89.7 Å². The van der Waals surface area contributed by atoms with Crippen LogP contribution in [0.3, 0.4) is 0 Å². The summed E-state index contributed by atoms with van der Waals surface area (Å²) in [7, 11) is 1.29. The molecule has 3 atom stereocenters. The molecular formula is C39H48N8O4. The highest BCUT2D eigenvalue weighted by Crippen LogP contribution is 2.34. The van der Waals surface area contributed by atoms with Gasteiger partial charge in [0.1, 0.15) is 24.2 Å². The van der Waals surface area contributed by atoms with Crippen molar-refractivity contribution >= 4 is 23.6 Å². The molecule has 2 fully saturated rings. The molecular weight excluding hydrogens is 644 g/mol. The Labute approximate surface area is 299 Å². The number of carbonyl (C=O) groups is 3. The second kappa shape index (κ2) is 15.7. The summed E-state index contributed by atoms with van der Waals surface area (Å²) in [6.07, 6.45) is 7.39. The Balaban J connectivity index is 1.10. The monoisotopic (exact) mass is 692 g/mol. The first-order valence-corrected chi connectivity index (χ1v) is 17.9. The Bertz CT molecular complexity index is 1860. The van der Waals surface area contributed by atoms with Gasteiger partial charge in [-0.2, -0.15) is 0 Å². The highest BCUT2D eigenvalue weighted by molar-refractivity contribution is 5.87. The molecule has 2 aliphatic heterocycles. The second-order valence-corrected chi connectivity index (χ2v) is 13.7. The molecule has 4 aromatic rings. The van der Waals surface area contributed by atoms with Gasteiger partial charge >= 0.3 is 6.09 Å². The average molecular weight is 693 g/mol. The van der Waals surface area contributed by atoms with Crippen LogP contribution < -0.4 is 5.32 Å². The zero-order valence-electron chi connectivity index (χ0n) is 30.1. The number of benzene rings is 2. The molecule has 2 saturated heterocycles. The van der Waals surface area contributed by atoms with E-state index in [9.17, 15) is 14.4 Å². The fraction of sp³-hybridized carbons (Fsp3) is 0.436. The molecule has 6 rings (SSSR count). The van der Waals surface area contributed by atoms with Crippen LogP contribution in [0.25, 0.3) is 33.6 Å². The lowest BCUT2D eigenvalue weighted by Gasteiger charge is -2.30. The zero-order chi connectivity index (χ0) is 36.1. The topological polar surface area (TPSA) is 149 Å². The molecule has 0 unspecified atom stereocenters. The van der Waals surface area contributed by atoms with Gasteiger partial charge in [-0.1, -0.05) is 69.3 Å². The van der Waals surface area contributed by atoms with Crippen molar-refractivity contribution in [2.75, 3.05) is 26.7 Å². The van der Waals surface area contributed by atoms with Crippen molar-refractivity contribution in [2.45, 2.75) is 77.9 Å². The van der Waals surface area contributed by atoms with Gasteiger partial charge < -0.3 is 29.8 Å². The minimum Gasteiger partial charge on any atom is -0.453 e. The SMILES string of the molecule is CCC(C)=NCC(=O)N1CCC[C@H]1c1ncc(-c2ccc(-c3ccc(-c4cnc([C@@H]5CCCN5C(=O)[C@@H](NC(=O)OC)C(C)C)[nH]4)cc3)cc2)[nH]1. The number of rotatable bonds is 11. The molecule has 0 spiro atoms. The van der Waals surface area contributed by atoms with Crippen molar-refractivity contribution in [3.8, 4) is 33.6 Å². The molecule has 0 radical (unpaired) electrons. The number of likely N-dealkylation sites (tertiary alicyclic amines) is 2. The second-order valence-electron chi connectivity index (χ2n) is 13.7. The van der Waals surface area contributed by atoms with Gasteiger partial charge in [0.25, 0.3) is 0 Å². The highest BCUT2D eigenvalue weighted by Gasteiger charge is 2.37. The maximum atomic E-state index is 13.5. The van der Waals surface area contributed by atoms with E-state index in [4.69, 9.17) is 4.74 Å². The molecule has 3 N–H and O–H groups in total. The van der Waals surface area contributed by atoms with Gasteiger partial charge in [0.2, 0.25) is 11.8 Å². The molecule has 3 amide bonds.